The molecule has 0 unspecified atom stereocenters. The SMILES string of the molecule is Cc1c(F)ccc2c1NC(=O)C(=C1CCNCC1)O2. The predicted molar refractivity (Wildman–Crippen MR) is 69.5 cm³/mol. The van der Waals surface area contributed by atoms with E-state index in [-0.39, 0.29) is 11.7 Å². The average Bonchev–Trinajstić information content (AvgIpc) is 2.44. The lowest BCUT2D eigenvalue weighted by atomic mass is 10.0. The maximum absolute atomic E-state index is 13.5. The van der Waals surface area contributed by atoms with Crippen LogP contribution in [-0.2, 0) is 4.79 Å². The first-order valence-corrected chi connectivity index (χ1v) is 6.38. The van der Waals surface area contributed by atoms with Crippen LogP contribution in [0.1, 0.15) is 18.4 Å². The summed E-state index contributed by atoms with van der Waals surface area (Å²) in [6.07, 6.45) is 1.61. The zero-order valence-corrected chi connectivity index (χ0v) is 10.7. The molecule has 1 aromatic carbocycles. The molecule has 3 rings (SSSR count). The summed E-state index contributed by atoms with van der Waals surface area (Å²) in [5.74, 6) is 0.262. The van der Waals surface area contributed by atoms with Crippen molar-refractivity contribution in [1.29, 1.82) is 0 Å². The van der Waals surface area contributed by atoms with E-state index in [0.29, 0.717) is 22.8 Å². The Morgan fingerprint density at radius 3 is 2.74 bits per heavy atom. The number of carbonyl (C=O) groups excluding carboxylic acids is 1. The van der Waals surface area contributed by atoms with Crippen molar-refractivity contribution in [2.24, 2.45) is 0 Å². The molecule has 0 spiro atoms. The quantitative estimate of drug-likeness (QED) is 0.704. The minimum Gasteiger partial charge on any atom is -0.449 e. The molecule has 4 nitrogen and oxygen atoms in total. The number of fused-ring (bicyclic) bond motifs is 1. The Morgan fingerprint density at radius 2 is 2.00 bits per heavy atom. The van der Waals surface area contributed by atoms with E-state index in [1.165, 1.54) is 6.07 Å². The molecule has 19 heavy (non-hydrogen) atoms. The number of rotatable bonds is 0. The van der Waals surface area contributed by atoms with Crippen LogP contribution in [-0.4, -0.2) is 19.0 Å². The Kier molecular flexibility index (Phi) is 2.98. The Labute approximate surface area is 110 Å². The Balaban J connectivity index is 2.01. The zero-order chi connectivity index (χ0) is 13.4. The number of hydrogen-bond acceptors (Lipinski definition) is 3. The molecule has 2 N–H and O–H groups in total. The van der Waals surface area contributed by atoms with Crippen LogP contribution in [0.25, 0.3) is 0 Å². The largest absolute Gasteiger partial charge is 0.449 e. The van der Waals surface area contributed by atoms with Gasteiger partial charge in [-0.15, -0.1) is 0 Å². The van der Waals surface area contributed by atoms with Crippen molar-refractivity contribution in [2.75, 3.05) is 18.4 Å². The maximum Gasteiger partial charge on any atom is 0.291 e. The lowest BCUT2D eigenvalue weighted by Gasteiger charge is -2.25. The Hall–Kier alpha value is -1.88. The molecule has 1 aromatic rings. The molecule has 1 fully saturated rings. The van der Waals surface area contributed by atoms with Crippen LogP contribution in [0.3, 0.4) is 0 Å². The molecular weight excluding hydrogens is 247 g/mol. The van der Waals surface area contributed by atoms with Crippen LogP contribution in [0.2, 0.25) is 0 Å². The van der Waals surface area contributed by atoms with Crippen LogP contribution >= 0.6 is 0 Å². The van der Waals surface area contributed by atoms with Gasteiger partial charge in [0.1, 0.15) is 5.82 Å². The van der Waals surface area contributed by atoms with E-state index in [9.17, 15) is 9.18 Å². The van der Waals surface area contributed by atoms with Crippen LogP contribution < -0.4 is 15.4 Å². The smallest absolute Gasteiger partial charge is 0.291 e. The van der Waals surface area contributed by atoms with E-state index in [2.05, 4.69) is 10.6 Å². The minimum atomic E-state index is -0.347. The third kappa shape index (κ3) is 2.10. The molecule has 0 atom stereocenters. The summed E-state index contributed by atoms with van der Waals surface area (Å²) in [6.45, 7) is 3.33. The van der Waals surface area contributed by atoms with Gasteiger partial charge in [-0.25, -0.2) is 4.39 Å². The molecule has 1 saturated heterocycles. The van der Waals surface area contributed by atoms with Crippen molar-refractivity contribution in [3.05, 3.63) is 34.8 Å². The molecule has 0 aromatic heterocycles. The van der Waals surface area contributed by atoms with E-state index >= 15 is 0 Å². The number of halogens is 1. The maximum atomic E-state index is 13.5. The monoisotopic (exact) mass is 262 g/mol. The molecule has 2 aliphatic heterocycles. The van der Waals surface area contributed by atoms with Gasteiger partial charge in [0.15, 0.2) is 11.5 Å². The summed E-state index contributed by atoms with van der Waals surface area (Å²) in [4.78, 5) is 12.1. The first-order valence-electron chi connectivity index (χ1n) is 6.38. The van der Waals surface area contributed by atoms with Crippen LogP contribution in [0.4, 0.5) is 10.1 Å². The lowest BCUT2D eigenvalue weighted by molar-refractivity contribution is -0.115. The van der Waals surface area contributed by atoms with E-state index in [4.69, 9.17) is 4.74 Å². The van der Waals surface area contributed by atoms with E-state index in [0.717, 1.165) is 31.5 Å². The highest BCUT2D eigenvalue weighted by Crippen LogP contribution is 2.36. The van der Waals surface area contributed by atoms with Crippen molar-refractivity contribution in [1.82, 2.24) is 5.32 Å². The van der Waals surface area contributed by atoms with E-state index in [1.54, 1.807) is 13.0 Å². The standard InChI is InChI=1S/C14H15FN2O2/c1-8-10(15)2-3-11-12(8)17-14(18)13(19-11)9-4-6-16-7-5-9/h2-3,16H,4-7H2,1H3,(H,17,18). The first kappa shape index (κ1) is 12.2. The number of piperidine rings is 1. The molecule has 2 heterocycles. The Morgan fingerprint density at radius 1 is 1.26 bits per heavy atom. The number of amides is 1. The highest BCUT2D eigenvalue weighted by Gasteiger charge is 2.27. The van der Waals surface area contributed by atoms with Crippen LogP contribution in [0.5, 0.6) is 5.75 Å². The first-order chi connectivity index (χ1) is 9.16. The average molecular weight is 262 g/mol. The van der Waals surface area contributed by atoms with Crippen molar-refractivity contribution in [2.45, 2.75) is 19.8 Å². The molecule has 1 amide bonds. The van der Waals surface area contributed by atoms with Gasteiger partial charge in [-0.1, -0.05) is 0 Å². The molecule has 0 aliphatic carbocycles. The second-order valence-corrected chi connectivity index (χ2v) is 4.78. The van der Waals surface area contributed by atoms with Crippen molar-refractivity contribution in [3.63, 3.8) is 0 Å². The van der Waals surface area contributed by atoms with Gasteiger partial charge < -0.3 is 15.4 Å². The molecule has 5 heteroatoms. The minimum absolute atomic E-state index is 0.280. The normalized spacial score (nSPS) is 18.7. The summed E-state index contributed by atoms with van der Waals surface area (Å²) in [7, 11) is 0. The summed E-state index contributed by atoms with van der Waals surface area (Å²) < 4.78 is 19.2. The molecule has 100 valence electrons. The van der Waals surface area contributed by atoms with Gasteiger partial charge in [-0.3, -0.25) is 4.79 Å². The van der Waals surface area contributed by atoms with Gasteiger partial charge in [0.2, 0.25) is 0 Å². The number of anilines is 1. The molecule has 0 radical (unpaired) electrons. The summed E-state index contributed by atoms with van der Waals surface area (Å²) in [5.41, 5.74) is 1.85. The number of benzene rings is 1. The van der Waals surface area contributed by atoms with Crippen molar-refractivity contribution >= 4 is 11.6 Å². The second kappa shape index (κ2) is 4.66. The fourth-order valence-corrected chi connectivity index (χ4v) is 2.42. The molecule has 0 bridgehead atoms. The van der Waals surface area contributed by atoms with Gasteiger partial charge in [0, 0.05) is 5.56 Å². The molecular formula is C14H15FN2O2. The highest BCUT2D eigenvalue weighted by molar-refractivity contribution is 6.06. The van der Waals surface area contributed by atoms with E-state index in [1.807, 2.05) is 0 Å². The van der Waals surface area contributed by atoms with Gasteiger partial charge in [0.05, 0.1) is 5.69 Å². The fraction of sp³-hybridized carbons (Fsp3) is 0.357. The summed E-state index contributed by atoms with van der Waals surface area (Å²) in [6, 6.07) is 2.91. The van der Waals surface area contributed by atoms with Gasteiger partial charge in [-0.05, 0) is 50.6 Å². The second-order valence-electron chi connectivity index (χ2n) is 4.78. The van der Waals surface area contributed by atoms with Gasteiger partial charge >= 0.3 is 0 Å². The topological polar surface area (TPSA) is 50.4 Å². The third-order valence-corrected chi connectivity index (χ3v) is 3.55. The van der Waals surface area contributed by atoms with Crippen LogP contribution in [0.15, 0.2) is 23.5 Å². The van der Waals surface area contributed by atoms with Gasteiger partial charge in [-0.2, -0.15) is 0 Å². The number of ether oxygens (including phenoxy) is 1. The molecule has 2 aliphatic rings. The van der Waals surface area contributed by atoms with Crippen LogP contribution in [0, 0.1) is 12.7 Å². The molecule has 0 saturated carbocycles. The predicted octanol–water partition coefficient (Wildman–Crippen LogP) is 2.10. The summed E-state index contributed by atoms with van der Waals surface area (Å²) in [5, 5.41) is 5.97. The third-order valence-electron chi connectivity index (χ3n) is 3.55. The lowest BCUT2D eigenvalue weighted by Crippen LogP contribution is -2.30. The van der Waals surface area contributed by atoms with Crippen molar-refractivity contribution in [3.8, 4) is 5.75 Å². The van der Waals surface area contributed by atoms with E-state index < -0.39 is 0 Å². The zero-order valence-electron chi connectivity index (χ0n) is 10.7. The number of nitrogens with one attached hydrogen (secondary N) is 2. The summed E-state index contributed by atoms with van der Waals surface area (Å²) >= 11 is 0. The highest BCUT2D eigenvalue weighted by atomic mass is 19.1. The Bertz CT molecular complexity index is 573. The number of hydrogen-bond donors (Lipinski definition) is 2. The number of carbonyl (C=O) groups is 1. The fourth-order valence-electron chi connectivity index (χ4n) is 2.42. The van der Waals surface area contributed by atoms with Crippen molar-refractivity contribution < 1.29 is 13.9 Å². The van der Waals surface area contributed by atoms with Gasteiger partial charge in [0.25, 0.3) is 5.91 Å².